The zero-order valence-corrected chi connectivity index (χ0v) is 18.3. The van der Waals surface area contributed by atoms with Gasteiger partial charge in [-0.3, -0.25) is 14.6 Å². The molecule has 10 heteroatoms. The summed E-state index contributed by atoms with van der Waals surface area (Å²) in [5.41, 5.74) is 6.94. The molecule has 1 aliphatic heterocycles. The van der Waals surface area contributed by atoms with Gasteiger partial charge >= 0.3 is 0 Å². The number of rotatable bonds is 4. The predicted octanol–water partition coefficient (Wildman–Crippen LogP) is 2.72. The molecule has 0 spiro atoms. The first-order chi connectivity index (χ1) is 13.8. The van der Waals surface area contributed by atoms with Crippen molar-refractivity contribution in [2.24, 2.45) is 10.7 Å². The Bertz CT molecular complexity index is 1170. The molecule has 2 amide bonds. The molecule has 3 aromatic rings. The second-order valence-corrected chi connectivity index (χ2v) is 8.52. The maximum Gasteiger partial charge on any atom is 0.253 e. The number of fused-ring (bicyclic) bond motifs is 1. The Labute approximate surface area is 182 Å². The van der Waals surface area contributed by atoms with Crippen LogP contribution in [0.25, 0.3) is 11.0 Å². The number of anilines is 1. The molecule has 4 rings (SSSR count). The van der Waals surface area contributed by atoms with Gasteiger partial charge in [0.1, 0.15) is 5.82 Å². The molecule has 0 saturated carbocycles. The van der Waals surface area contributed by atoms with Gasteiger partial charge in [-0.15, -0.1) is 0 Å². The van der Waals surface area contributed by atoms with Gasteiger partial charge < -0.3 is 21.4 Å². The quantitative estimate of drug-likeness (QED) is 0.422. The van der Waals surface area contributed by atoms with Gasteiger partial charge in [0.25, 0.3) is 11.8 Å². The Morgan fingerprint density at radius 3 is 2.66 bits per heavy atom. The summed E-state index contributed by atoms with van der Waals surface area (Å²) >= 11 is 6.80. The zero-order chi connectivity index (χ0) is 20.8. The molecule has 0 radical (unpaired) electrons. The monoisotopic (exact) mass is 518 g/mol. The van der Waals surface area contributed by atoms with Crippen molar-refractivity contribution in [3.05, 3.63) is 56.7 Å². The molecule has 148 valence electrons. The molecule has 1 aromatic heterocycles. The number of aryl methyl sites for hydroxylation is 1. The van der Waals surface area contributed by atoms with Crippen LogP contribution in [0.15, 0.2) is 50.3 Å². The van der Waals surface area contributed by atoms with Crippen molar-refractivity contribution in [1.82, 2.24) is 15.3 Å². The van der Waals surface area contributed by atoms with Crippen LogP contribution in [0.1, 0.15) is 11.4 Å². The molecule has 29 heavy (non-hydrogen) atoms. The molecule has 0 bridgehead atoms. The summed E-state index contributed by atoms with van der Waals surface area (Å²) in [5, 5.41) is 5.70. The highest BCUT2D eigenvalue weighted by molar-refractivity contribution is 9.10. The standard InChI is InChI=1S/C19H16Br2N6O2/c1-9-2-3-10(20)6-13(9)25-16(28)15-19(17(22)29,24-8-23-15)18-26-12-5-4-11(21)7-14(12)27-18/h2-8,15H,1H3,(H2,22,29)(H,23,24)(H,25,28)(H,26,27). The van der Waals surface area contributed by atoms with E-state index in [2.05, 4.69) is 57.5 Å². The fraction of sp³-hybridized carbons (Fsp3) is 0.158. The van der Waals surface area contributed by atoms with E-state index in [-0.39, 0.29) is 5.82 Å². The van der Waals surface area contributed by atoms with Crippen LogP contribution in [-0.2, 0) is 15.1 Å². The van der Waals surface area contributed by atoms with Gasteiger partial charge in [-0.25, -0.2) is 4.98 Å². The average Bonchev–Trinajstić information content (AvgIpc) is 3.29. The summed E-state index contributed by atoms with van der Waals surface area (Å²) in [7, 11) is 0. The zero-order valence-electron chi connectivity index (χ0n) is 15.2. The normalized spacial score (nSPS) is 20.6. The summed E-state index contributed by atoms with van der Waals surface area (Å²) in [5.74, 6) is -1.02. The van der Waals surface area contributed by atoms with Crippen LogP contribution in [-0.4, -0.2) is 34.2 Å². The number of hydrogen-bond donors (Lipinski definition) is 4. The van der Waals surface area contributed by atoms with E-state index < -0.39 is 23.4 Å². The molecular weight excluding hydrogens is 504 g/mol. The van der Waals surface area contributed by atoms with Crippen LogP contribution >= 0.6 is 31.9 Å². The number of halogens is 2. The first-order valence-corrected chi connectivity index (χ1v) is 10.2. The summed E-state index contributed by atoms with van der Waals surface area (Å²) in [6, 6.07) is 9.85. The molecule has 2 atom stereocenters. The van der Waals surface area contributed by atoms with Crippen LogP contribution in [0.4, 0.5) is 5.69 Å². The van der Waals surface area contributed by atoms with Gasteiger partial charge in [-0.1, -0.05) is 37.9 Å². The number of benzene rings is 2. The van der Waals surface area contributed by atoms with E-state index in [1.54, 1.807) is 12.1 Å². The van der Waals surface area contributed by atoms with E-state index in [9.17, 15) is 9.59 Å². The SMILES string of the molecule is Cc1ccc(Br)cc1NC(=O)C1N=CNC1(C(N)=O)c1nc2ccc(Br)cc2[nH]1. The number of aromatic nitrogens is 2. The van der Waals surface area contributed by atoms with Crippen molar-refractivity contribution < 1.29 is 9.59 Å². The van der Waals surface area contributed by atoms with E-state index in [1.165, 1.54) is 6.34 Å². The van der Waals surface area contributed by atoms with Gasteiger partial charge in [-0.05, 0) is 42.8 Å². The maximum absolute atomic E-state index is 13.1. The molecule has 0 aliphatic carbocycles. The highest BCUT2D eigenvalue weighted by atomic mass is 79.9. The third-order valence-electron chi connectivity index (χ3n) is 4.84. The number of primary amides is 1. The molecule has 0 saturated heterocycles. The number of aromatic amines is 1. The Balaban J connectivity index is 1.75. The first kappa shape index (κ1) is 19.6. The average molecular weight is 520 g/mol. The van der Waals surface area contributed by atoms with Crippen LogP contribution in [0.5, 0.6) is 0 Å². The van der Waals surface area contributed by atoms with Crippen LogP contribution in [0, 0.1) is 6.92 Å². The molecule has 0 fully saturated rings. The first-order valence-electron chi connectivity index (χ1n) is 8.63. The number of hydrogen-bond acceptors (Lipinski definition) is 5. The number of amides is 2. The third-order valence-corrected chi connectivity index (χ3v) is 5.82. The minimum absolute atomic E-state index is 0.224. The Morgan fingerprint density at radius 2 is 1.90 bits per heavy atom. The van der Waals surface area contributed by atoms with Gasteiger partial charge in [0.2, 0.25) is 5.54 Å². The van der Waals surface area contributed by atoms with Gasteiger partial charge in [0, 0.05) is 14.6 Å². The molecule has 2 unspecified atom stereocenters. The smallest absolute Gasteiger partial charge is 0.253 e. The lowest BCUT2D eigenvalue weighted by molar-refractivity contribution is -0.129. The lowest BCUT2D eigenvalue weighted by Gasteiger charge is -2.28. The second kappa shape index (κ2) is 7.27. The van der Waals surface area contributed by atoms with Gasteiger partial charge in [0.15, 0.2) is 6.04 Å². The van der Waals surface area contributed by atoms with E-state index in [1.807, 2.05) is 31.2 Å². The number of carbonyl (C=O) groups is 2. The van der Waals surface area contributed by atoms with Crippen LogP contribution in [0.3, 0.4) is 0 Å². The van der Waals surface area contributed by atoms with Crippen molar-refractivity contribution in [1.29, 1.82) is 0 Å². The second-order valence-electron chi connectivity index (χ2n) is 6.69. The Morgan fingerprint density at radius 1 is 1.17 bits per heavy atom. The molecule has 1 aliphatic rings. The molecular formula is C19H16Br2N6O2. The van der Waals surface area contributed by atoms with Gasteiger partial charge in [0.05, 0.1) is 17.4 Å². The Kier molecular flexibility index (Phi) is 4.91. The van der Waals surface area contributed by atoms with Crippen molar-refractivity contribution >= 4 is 66.7 Å². The van der Waals surface area contributed by atoms with Crippen molar-refractivity contribution in [3.63, 3.8) is 0 Å². The minimum Gasteiger partial charge on any atom is -0.367 e. The van der Waals surface area contributed by atoms with Crippen LogP contribution < -0.4 is 16.4 Å². The minimum atomic E-state index is -1.63. The van der Waals surface area contributed by atoms with Crippen molar-refractivity contribution in [3.8, 4) is 0 Å². The summed E-state index contributed by atoms with van der Waals surface area (Å²) in [4.78, 5) is 37.5. The number of imidazole rings is 1. The van der Waals surface area contributed by atoms with E-state index in [0.29, 0.717) is 16.7 Å². The molecule has 8 nitrogen and oxygen atoms in total. The lowest BCUT2D eigenvalue weighted by atomic mass is 9.88. The van der Waals surface area contributed by atoms with Crippen molar-refractivity contribution in [2.45, 2.75) is 18.5 Å². The van der Waals surface area contributed by atoms with E-state index >= 15 is 0 Å². The molecule has 5 N–H and O–H groups in total. The van der Waals surface area contributed by atoms with Gasteiger partial charge in [-0.2, -0.15) is 0 Å². The topological polar surface area (TPSA) is 125 Å². The number of carbonyl (C=O) groups excluding carboxylic acids is 2. The summed E-state index contributed by atoms with van der Waals surface area (Å²) in [6.07, 6.45) is 1.31. The summed E-state index contributed by atoms with van der Waals surface area (Å²) in [6.45, 7) is 1.87. The van der Waals surface area contributed by atoms with E-state index in [0.717, 1.165) is 14.5 Å². The third kappa shape index (κ3) is 3.32. The largest absolute Gasteiger partial charge is 0.367 e. The number of nitrogens with zero attached hydrogens (tertiary/aromatic N) is 2. The number of aliphatic imine (C=N–C) groups is 1. The fourth-order valence-corrected chi connectivity index (χ4v) is 4.01. The highest BCUT2D eigenvalue weighted by Gasteiger charge is 2.54. The van der Waals surface area contributed by atoms with Crippen LogP contribution in [0.2, 0.25) is 0 Å². The maximum atomic E-state index is 13.1. The lowest BCUT2D eigenvalue weighted by Crippen LogP contribution is -2.59. The number of nitrogens with two attached hydrogens (primary N) is 1. The number of nitrogens with one attached hydrogen (secondary N) is 3. The fourth-order valence-electron chi connectivity index (χ4n) is 3.29. The van der Waals surface area contributed by atoms with E-state index in [4.69, 9.17) is 5.73 Å². The van der Waals surface area contributed by atoms with Crippen molar-refractivity contribution in [2.75, 3.05) is 5.32 Å². The Hall–Kier alpha value is -2.72. The summed E-state index contributed by atoms with van der Waals surface area (Å²) < 4.78 is 1.67. The predicted molar refractivity (Wildman–Crippen MR) is 118 cm³/mol. The molecule has 2 aromatic carbocycles. The number of H-pyrrole nitrogens is 1. The molecule has 2 heterocycles. The highest BCUT2D eigenvalue weighted by Crippen LogP contribution is 2.32.